The van der Waals surface area contributed by atoms with Gasteiger partial charge in [0.2, 0.25) is 0 Å². The normalized spacial score (nSPS) is 6.50. The van der Waals surface area contributed by atoms with E-state index in [9.17, 15) is 0 Å². The van der Waals surface area contributed by atoms with E-state index >= 15 is 0 Å². The summed E-state index contributed by atoms with van der Waals surface area (Å²) in [7, 11) is 1.37. The summed E-state index contributed by atoms with van der Waals surface area (Å²) in [6.45, 7) is 7.45. The van der Waals surface area contributed by atoms with E-state index in [2.05, 4.69) is 20.1 Å². The molecule has 2 nitrogen and oxygen atoms in total. The molecule has 0 unspecified atom stereocenters. The fourth-order valence-corrected chi connectivity index (χ4v) is 0. The van der Waals surface area contributed by atoms with Crippen LogP contribution in [0.5, 0.6) is 0 Å². The van der Waals surface area contributed by atoms with E-state index in [-0.39, 0.29) is 29.2 Å². The van der Waals surface area contributed by atoms with Gasteiger partial charge < -0.3 is 4.79 Å². The summed E-state index contributed by atoms with van der Waals surface area (Å²) in [4.78, 5) is 7.75. The van der Waals surface area contributed by atoms with E-state index in [0.29, 0.717) is 0 Å². The first-order valence-corrected chi connectivity index (χ1v) is 4.26. The van der Waals surface area contributed by atoms with Gasteiger partial charge in [-0.15, -0.1) is 0 Å². The first-order chi connectivity index (χ1) is 3.27. The molecule has 0 spiro atoms. The Morgan fingerprint density at radius 3 is 1.50 bits per heavy atom. The molecule has 0 aliphatic heterocycles. The van der Waals surface area contributed by atoms with Crippen LogP contribution in [0.3, 0.4) is 0 Å². The molecular weight excluding hydrogens is 207 g/mol. The summed E-state index contributed by atoms with van der Waals surface area (Å²) in [5, 5.41) is 0. The van der Waals surface area contributed by atoms with Gasteiger partial charge in [-0.05, 0) is 0 Å². The van der Waals surface area contributed by atoms with E-state index in [1.54, 1.807) is 7.11 Å². The quantitative estimate of drug-likeness (QED) is 0.281. The van der Waals surface area contributed by atoms with Crippen molar-refractivity contribution < 1.29 is 30.4 Å². The van der Waals surface area contributed by atoms with Crippen LogP contribution in [0.4, 0.5) is 0 Å². The van der Waals surface area contributed by atoms with Gasteiger partial charge in [-0.25, -0.2) is 4.52 Å². The van der Waals surface area contributed by atoms with Gasteiger partial charge in [0.25, 0.3) is 0 Å². The predicted molar refractivity (Wildman–Crippen MR) is 33.9 cm³/mol. The standard InChI is InChI=1S/C3H9OP.CHO.Mo/c1-4-5(2)3;1-2;/h1-3H3;1H;/q;-1;/p+1. The number of hydrogen-bond donors (Lipinski definition) is 0. The van der Waals surface area contributed by atoms with Crippen molar-refractivity contribution in [1.29, 1.82) is 0 Å². The van der Waals surface area contributed by atoms with Gasteiger partial charge in [-0.1, -0.05) is 0 Å². The second kappa shape index (κ2) is 15.7. The van der Waals surface area contributed by atoms with Crippen molar-refractivity contribution in [3.63, 3.8) is 0 Å². The van der Waals surface area contributed by atoms with Crippen molar-refractivity contribution in [2.45, 2.75) is 0 Å². The molecular formula is C4H11MoO2P. The minimum atomic E-state index is -0.374. The maximum absolute atomic E-state index is 7.75. The van der Waals surface area contributed by atoms with Crippen LogP contribution in [0.15, 0.2) is 0 Å². The van der Waals surface area contributed by atoms with Gasteiger partial charge in [0.15, 0.2) is 0 Å². The average molecular weight is 218 g/mol. The monoisotopic (exact) mass is 220 g/mol. The summed E-state index contributed by atoms with van der Waals surface area (Å²) in [6.07, 6.45) is 0. The summed E-state index contributed by atoms with van der Waals surface area (Å²) in [6, 6.07) is 0. The van der Waals surface area contributed by atoms with E-state index in [0.717, 1.165) is 0 Å². The SMILES string of the molecule is CO[PH+](C)C.[CH-]=O.[Mo]. The van der Waals surface area contributed by atoms with Crippen molar-refractivity contribution in [1.82, 2.24) is 0 Å². The predicted octanol–water partition coefficient (Wildman–Crippen LogP) is 0.745. The van der Waals surface area contributed by atoms with Crippen LogP contribution in [-0.4, -0.2) is 27.2 Å². The van der Waals surface area contributed by atoms with Gasteiger partial charge in [-0.3, -0.25) is 6.79 Å². The molecule has 0 saturated heterocycles. The minimum Gasteiger partial charge on any atom is -0.545 e. The van der Waals surface area contributed by atoms with Crippen LogP contribution in [0.2, 0.25) is 0 Å². The van der Waals surface area contributed by atoms with Crippen LogP contribution in [0.25, 0.3) is 0 Å². The molecule has 0 heterocycles. The largest absolute Gasteiger partial charge is 0.545 e. The average Bonchev–Trinajstić information content (AvgIpc) is 1.73. The second-order valence-corrected chi connectivity index (χ2v) is 3.34. The molecule has 0 aliphatic rings. The van der Waals surface area contributed by atoms with E-state index in [1.807, 2.05) is 0 Å². The Kier molecular flexibility index (Phi) is 31.1. The zero-order valence-corrected chi connectivity index (χ0v) is 8.31. The molecule has 8 heavy (non-hydrogen) atoms. The molecule has 0 fully saturated rings. The summed E-state index contributed by atoms with van der Waals surface area (Å²) in [5.74, 6) is 0. The van der Waals surface area contributed by atoms with Crippen LogP contribution in [0, 0.1) is 0 Å². The van der Waals surface area contributed by atoms with Crippen LogP contribution < -0.4 is 0 Å². The van der Waals surface area contributed by atoms with Gasteiger partial charge >= 0.3 is 0 Å². The molecule has 0 aromatic heterocycles. The zero-order valence-electron chi connectivity index (χ0n) is 5.30. The van der Waals surface area contributed by atoms with Crippen LogP contribution >= 0.6 is 8.15 Å². The summed E-state index contributed by atoms with van der Waals surface area (Å²) >= 11 is 0. The fourth-order valence-electron chi connectivity index (χ4n) is 0. The third kappa shape index (κ3) is 29.5. The summed E-state index contributed by atoms with van der Waals surface area (Å²) < 4.78 is 4.85. The maximum atomic E-state index is 7.75. The molecule has 0 saturated carbocycles. The molecule has 0 aliphatic carbocycles. The van der Waals surface area contributed by atoms with E-state index < -0.39 is 0 Å². The molecule has 4 heteroatoms. The Morgan fingerprint density at radius 2 is 1.50 bits per heavy atom. The van der Waals surface area contributed by atoms with Crippen LogP contribution in [0.1, 0.15) is 0 Å². The van der Waals surface area contributed by atoms with Gasteiger partial charge in [0.05, 0.1) is 20.4 Å². The smallest absolute Gasteiger partial charge is 0.126 e. The molecule has 50 valence electrons. The number of hydrogen-bond acceptors (Lipinski definition) is 2. The number of rotatable bonds is 1. The third-order valence-electron chi connectivity index (χ3n) is 0.408. The van der Waals surface area contributed by atoms with Gasteiger partial charge in [-0.2, -0.15) is 0 Å². The molecule has 0 bridgehead atoms. The fraction of sp³-hybridized carbons (Fsp3) is 0.750. The number of carbonyl (C=O) groups excluding carboxylic acids is 1. The first-order valence-electron chi connectivity index (χ1n) is 1.85. The Labute approximate surface area is 66.1 Å². The summed E-state index contributed by atoms with van der Waals surface area (Å²) in [5.41, 5.74) is 0. The van der Waals surface area contributed by atoms with Gasteiger partial charge in [0.1, 0.15) is 8.15 Å². The van der Waals surface area contributed by atoms with Crippen molar-refractivity contribution in [2.24, 2.45) is 0 Å². The first kappa shape index (κ1) is 15.9. The maximum Gasteiger partial charge on any atom is 0.126 e. The zero-order chi connectivity index (χ0) is 6.28. The Bertz CT molecular complexity index is 35.2. The van der Waals surface area contributed by atoms with Crippen LogP contribution in [-0.2, 0) is 30.4 Å². The van der Waals surface area contributed by atoms with E-state index in [4.69, 9.17) is 9.32 Å². The molecule has 0 rings (SSSR count). The van der Waals surface area contributed by atoms with E-state index in [1.165, 1.54) is 0 Å². The molecule has 0 radical (unpaired) electrons. The Morgan fingerprint density at radius 1 is 1.38 bits per heavy atom. The second-order valence-electron chi connectivity index (χ2n) is 1.11. The molecule has 0 aromatic carbocycles. The topological polar surface area (TPSA) is 26.3 Å². The molecule has 0 N–H and O–H groups in total. The molecule has 0 atom stereocenters. The van der Waals surface area contributed by atoms with Crippen molar-refractivity contribution in [3.8, 4) is 0 Å². The molecule has 0 aromatic rings. The van der Waals surface area contributed by atoms with Gasteiger partial charge in [0, 0.05) is 21.1 Å². The van der Waals surface area contributed by atoms with Crippen molar-refractivity contribution >= 4 is 14.9 Å². The Balaban J connectivity index is -0.0000000750. The molecule has 0 amide bonds. The van der Waals surface area contributed by atoms with Crippen molar-refractivity contribution in [3.05, 3.63) is 0 Å². The Hall–Kier alpha value is 0.748. The third-order valence-corrected chi connectivity index (χ3v) is 1.22. The minimum absolute atomic E-state index is 0. The van der Waals surface area contributed by atoms with Crippen molar-refractivity contribution in [2.75, 3.05) is 20.4 Å².